The Labute approximate surface area is 169 Å². The molecular formula is C21H26N2O4S. The molecule has 0 saturated carbocycles. The van der Waals surface area contributed by atoms with E-state index in [1.54, 1.807) is 11.8 Å². The van der Waals surface area contributed by atoms with Crippen molar-refractivity contribution in [1.29, 1.82) is 0 Å². The number of piperidine rings is 1. The summed E-state index contributed by atoms with van der Waals surface area (Å²) in [7, 11) is 0. The van der Waals surface area contributed by atoms with Crippen molar-refractivity contribution in [2.24, 2.45) is 0 Å². The highest BCUT2D eigenvalue weighted by Crippen LogP contribution is 2.38. The zero-order valence-electron chi connectivity index (χ0n) is 16.6. The van der Waals surface area contributed by atoms with Crippen molar-refractivity contribution < 1.29 is 19.1 Å². The van der Waals surface area contributed by atoms with Crippen LogP contribution in [0.15, 0.2) is 29.2 Å². The molecule has 150 valence electrons. The van der Waals surface area contributed by atoms with E-state index in [2.05, 4.69) is 0 Å². The molecule has 0 spiro atoms. The van der Waals surface area contributed by atoms with E-state index in [0.29, 0.717) is 43.0 Å². The molecular weight excluding hydrogens is 376 g/mol. The molecule has 0 unspecified atom stereocenters. The maximum atomic E-state index is 13.2. The van der Waals surface area contributed by atoms with Gasteiger partial charge in [0.25, 0.3) is 11.8 Å². The van der Waals surface area contributed by atoms with Crippen LogP contribution in [0.3, 0.4) is 0 Å². The number of carbonyl (C=O) groups excluding carboxylic acids is 3. The van der Waals surface area contributed by atoms with Crippen LogP contribution in [0.25, 0.3) is 5.57 Å². The Bertz CT molecular complexity index is 795. The topological polar surface area (TPSA) is 66.9 Å². The fraction of sp³-hybridized carbons (Fsp3) is 0.476. The normalized spacial score (nSPS) is 18.2. The summed E-state index contributed by atoms with van der Waals surface area (Å²) in [5.41, 5.74) is 2.39. The summed E-state index contributed by atoms with van der Waals surface area (Å²) in [4.78, 5) is 41.8. The number of benzene rings is 1. The fourth-order valence-electron chi connectivity index (χ4n) is 3.63. The van der Waals surface area contributed by atoms with Crippen molar-refractivity contribution in [3.05, 3.63) is 40.3 Å². The lowest BCUT2D eigenvalue weighted by Gasteiger charge is -2.35. The van der Waals surface area contributed by atoms with E-state index in [4.69, 9.17) is 4.74 Å². The van der Waals surface area contributed by atoms with Crippen LogP contribution < -0.4 is 0 Å². The second kappa shape index (κ2) is 8.82. The van der Waals surface area contributed by atoms with Crippen LogP contribution in [0.1, 0.15) is 37.8 Å². The standard InChI is InChI=1S/C21H26N2O4S/c1-4-27-21(26)22-12-10-16(11-13-22)23-19(24)17(18(20(23)25)28-5-2)15-8-6-14(3)7-9-15/h6-9,16H,4-5,10-13H2,1-3H3. The van der Waals surface area contributed by atoms with Gasteiger partial charge in [0, 0.05) is 19.1 Å². The van der Waals surface area contributed by atoms with Gasteiger partial charge < -0.3 is 9.64 Å². The van der Waals surface area contributed by atoms with Crippen molar-refractivity contribution in [2.75, 3.05) is 25.4 Å². The van der Waals surface area contributed by atoms with Crippen molar-refractivity contribution in [3.63, 3.8) is 0 Å². The summed E-state index contributed by atoms with van der Waals surface area (Å²) in [6.07, 6.45) is 0.809. The Morgan fingerprint density at radius 3 is 2.32 bits per heavy atom. The number of ether oxygens (including phenoxy) is 1. The van der Waals surface area contributed by atoms with Crippen molar-refractivity contribution >= 4 is 35.2 Å². The Morgan fingerprint density at radius 2 is 1.75 bits per heavy atom. The van der Waals surface area contributed by atoms with Crippen LogP contribution in [0, 0.1) is 6.92 Å². The number of nitrogens with zero attached hydrogens (tertiary/aromatic N) is 2. The first-order valence-corrected chi connectivity index (χ1v) is 10.7. The Hall–Kier alpha value is -2.28. The van der Waals surface area contributed by atoms with E-state index in [-0.39, 0.29) is 23.9 Å². The third kappa shape index (κ3) is 3.94. The van der Waals surface area contributed by atoms with E-state index in [1.165, 1.54) is 16.7 Å². The Kier molecular flexibility index (Phi) is 6.44. The number of hydrogen-bond donors (Lipinski definition) is 0. The number of imide groups is 1. The lowest BCUT2D eigenvalue weighted by atomic mass is 10.0. The highest BCUT2D eigenvalue weighted by molar-refractivity contribution is 8.04. The molecule has 28 heavy (non-hydrogen) atoms. The predicted molar refractivity (Wildman–Crippen MR) is 110 cm³/mol. The number of likely N-dealkylation sites (tertiary alicyclic amines) is 1. The molecule has 0 aliphatic carbocycles. The Morgan fingerprint density at radius 1 is 1.11 bits per heavy atom. The van der Waals surface area contributed by atoms with Crippen molar-refractivity contribution in [3.8, 4) is 0 Å². The lowest BCUT2D eigenvalue weighted by molar-refractivity contribution is -0.140. The van der Waals surface area contributed by atoms with Crippen molar-refractivity contribution in [1.82, 2.24) is 9.80 Å². The predicted octanol–water partition coefficient (Wildman–Crippen LogP) is 3.45. The average molecular weight is 403 g/mol. The lowest BCUT2D eigenvalue weighted by Crippen LogP contribution is -2.49. The van der Waals surface area contributed by atoms with E-state index in [9.17, 15) is 14.4 Å². The molecule has 0 atom stereocenters. The number of amides is 3. The number of thioether (sulfide) groups is 1. The average Bonchev–Trinajstić information content (AvgIpc) is 2.93. The molecule has 1 aromatic rings. The summed E-state index contributed by atoms with van der Waals surface area (Å²) in [6, 6.07) is 7.52. The molecule has 6 nitrogen and oxygen atoms in total. The minimum atomic E-state index is -0.333. The summed E-state index contributed by atoms with van der Waals surface area (Å²) in [5.74, 6) is 0.292. The molecule has 1 saturated heterocycles. The summed E-state index contributed by atoms with van der Waals surface area (Å²) >= 11 is 1.42. The molecule has 1 fully saturated rings. The van der Waals surface area contributed by atoms with Crippen LogP contribution in [-0.4, -0.2) is 59.2 Å². The zero-order valence-corrected chi connectivity index (χ0v) is 17.4. The van der Waals surface area contributed by atoms with E-state index in [1.807, 2.05) is 38.1 Å². The molecule has 2 heterocycles. The number of carbonyl (C=O) groups is 3. The van der Waals surface area contributed by atoms with Gasteiger partial charge >= 0.3 is 6.09 Å². The van der Waals surface area contributed by atoms with E-state index in [0.717, 1.165) is 16.9 Å². The number of aryl methyl sites for hydroxylation is 1. The summed E-state index contributed by atoms with van der Waals surface area (Å²) in [5, 5.41) is 0. The molecule has 3 amide bonds. The third-order valence-corrected chi connectivity index (χ3v) is 6.01. The van der Waals surface area contributed by atoms with Crippen LogP contribution >= 0.6 is 11.8 Å². The third-order valence-electron chi connectivity index (χ3n) is 5.06. The maximum absolute atomic E-state index is 13.2. The first-order chi connectivity index (χ1) is 13.5. The van der Waals surface area contributed by atoms with Gasteiger partial charge in [-0.15, -0.1) is 11.8 Å². The molecule has 2 aliphatic rings. The molecule has 0 bridgehead atoms. The summed E-state index contributed by atoms with van der Waals surface area (Å²) < 4.78 is 5.05. The minimum absolute atomic E-state index is 0.193. The van der Waals surface area contributed by atoms with Crippen LogP contribution in [0.4, 0.5) is 4.79 Å². The molecule has 2 aliphatic heterocycles. The summed E-state index contributed by atoms with van der Waals surface area (Å²) in [6.45, 7) is 7.04. The van der Waals surface area contributed by atoms with Gasteiger partial charge in [-0.2, -0.15) is 0 Å². The largest absolute Gasteiger partial charge is 0.450 e. The fourth-order valence-corrected chi connectivity index (χ4v) is 4.49. The van der Waals surface area contributed by atoms with Gasteiger partial charge in [-0.25, -0.2) is 4.79 Å². The first-order valence-electron chi connectivity index (χ1n) is 9.71. The smallest absolute Gasteiger partial charge is 0.409 e. The van der Waals surface area contributed by atoms with Gasteiger partial charge in [0.1, 0.15) is 0 Å². The van der Waals surface area contributed by atoms with Gasteiger partial charge in [-0.3, -0.25) is 14.5 Å². The first kappa shape index (κ1) is 20.5. The highest BCUT2D eigenvalue weighted by Gasteiger charge is 2.43. The van der Waals surface area contributed by atoms with E-state index >= 15 is 0 Å². The van der Waals surface area contributed by atoms with Crippen LogP contribution in [0.5, 0.6) is 0 Å². The van der Waals surface area contributed by atoms with Crippen LogP contribution in [-0.2, 0) is 14.3 Å². The minimum Gasteiger partial charge on any atom is -0.450 e. The maximum Gasteiger partial charge on any atom is 0.409 e. The van der Waals surface area contributed by atoms with Gasteiger partial charge in [0.15, 0.2) is 0 Å². The molecule has 0 radical (unpaired) electrons. The monoisotopic (exact) mass is 402 g/mol. The molecule has 1 aromatic carbocycles. The quantitative estimate of drug-likeness (QED) is 0.706. The van der Waals surface area contributed by atoms with E-state index < -0.39 is 0 Å². The molecule has 3 rings (SSSR count). The van der Waals surface area contributed by atoms with Crippen LogP contribution in [0.2, 0.25) is 0 Å². The van der Waals surface area contributed by atoms with Gasteiger partial charge in [0.05, 0.1) is 17.1 Å². The van der Waals surface area contributed by atoms with Gasteiger partial charge in [-0.05, 0) is 38.0 Å². The SMILES string of the molecule is CCOC(=O)N1CCC(N2C(=O)C(SCC)=C(c3ccc(C)cc3)C2=O)CC1. The Balaban J connectivity index is 1.80. The van der Waals surface area contributed by atoms with Gasteiger partial charge in [0.2, 0.25) is 0 Å². The molecule has 0 aromatic heterocycles. The second-order valence-electron chi connectivity index (χ2n) is 6.90. The highest BCUT2D eigenvalue weighted by atomic mass is 32.2. The molecule has 0 N–H and O–H groups in total. The molecule has 7 heteroatoms. The number of hydrogen-bond acceptors (Lipinski definition) is 5. The second-order valence-corrected chi connectivity index (χ2v) is 8.17. The number of rotatable bonds is 5. The zero-order chi connectivity index (χ0) is 20.3. The van der Waals surface area contributed by atoms with Crippen molar-refractivity contribution in [2.45, 2.75) is 39.7 Å². The van der Waals surface area contributed by atoms with Gasteiger partial charge in [-0.1, -0.05) is 36.8 Å².